The van der Waals surface area contributed by atoms with Gasteiger partial charge in [-0.05, 0) is 30.7 Å². The second-order valence-corrected chi connectivity index (χ2v) is 9.33. The highest BCUT2D eigenvalue weighted by Crippen LogP contribution is 2.32. The van der Waals surface area contributed by atoms with E-state index in [2.05, 4.69) is 0 Å². The molecule has 1 saturated heterocycles. The van der Waals surface area contributed by atoms with Crippen LogP contribution in [-0.2, 0) is 28.9 Å². The Balaban J connectivity index is 1.79. The van der Waals surface area contributed by atoms with Gasteiger partial charge < -0.3 is 13.9 Å². The molecule has 1 aromatic heterocycles. The number of hydrogen-bond acceptors (Lipinski definition) is 5. The second kappa shape index (κ2) is 7.50. The van der Waals surface area contributed by atoms with Crippen molar-refractivity contribution in [2.75, 3.05) is 13.2 Å². The third-order valence-corrected chi connectivity index (χ3v) is 7.68. The first-order chi connectivity index (χ1) is 14.2. The summed E-state index contributed by atoms with van der Waals surface area (Å²) in [4.78, 5) is 24.3. The highest BCUT2D eigenvalue weighted by atomic mass is 32.2. The highest BCUT2D eigenvalue weighted by Gasteiger charge is 2.38. The number of nitrogens with zero attached hydrogens (tertiary/aromatic N) is 3. The van der Waals surface area contributed by atoms with Gasteiger partial charge in [0, 0.05) is 20.6 Å². The molecule has 3 aromatic rings. The normalized spacial score (nSPS) is 20.5. The standard InChI is InChI=1S/C21H23N3O5S/c1-14-19(15-7-5-4-6-8-15)29-12-11-24(14)30(27,28)16-9-10-17-18(13-16)23(3)21(26)20(25)22(17)2/h4-10,13-14,19H,11-12H2,1-3H3/t14-,19-/m1/s1. The van der Waals surface area contributed by atoms with Crippen LogP contribution in [0.2, 0.25) is 0 Å². The van der Waals surface area contributed by atoms with E-state index in [0.717, 1.165) is 5.56 Å². The lowest BCUT2D eigenvalue weighted by Gasteiger charge is -2.38. The van der Waals surface area contributed by atoms with E-state index >= 15 is 0 Å². The summed E-state index contributed by atoms with van der Waals surface area (Å²) >= 11 is 0. The van der Waals surface area contributed by atoms with Crippen LogP contribution in [0.1, 0.15) is 18.6 Å². The molecule has 0 spiro atoms. The molecule has 0 bridgehead atoms. The van der Waals surface area contributed by atoms with E-state index < -0.39 is 27.2 Å². The molecular formula is C21H23N3O5S. The lowest BCUT2D eigenvalue weighted by Crippen LogP contribution is -2.48. The largest absolute Gasteiger partial charge is 0.370 e. The van der Waals surface area contributed by atoms with Gasteiger partial charge in [0.15, 0.2) is 0 Å². The van der Waals surface area contributed by atoms with E-state index in [4.69, 9.17) is 4.74 Å². The number of benzene rings is 2. The fourth-order valence-corrected chi connectivity index (χ4v) is 5.61. The van der Waals surface area contributed by atoms with Crippen LogP contribution in [-0.4, -0.2) is 41.1 Å². The number of morpholine rings is 1. The average Bonchev–Trinajstić information content (AvgIpc) is 2.76. The number of fused-ring (bicyclic) bond motifs is 1. The molecule has 8 nitrogen and oxygen atoms in total. The Morgan fingerprint density at radius 1 is 0.933 bits per heavy atom. The Morgan fingerprint density at radius 3 is 2.23 bits per heavy atom. The van der Waals surface area contributed by atoms with Crippen LogP contribution in [0.3, 0.4) is 0 Å². The first-order valence-corrected chi connectivity index (χ1v) is 11.1. The molecule has 0 radical (unpaired) electrons. The van der Waals surface area contributed by atoms with Gasteiger partial charge in [-0.1, -0.05) is 30.3 Å². The summed E-state index contributed by atoms with van der Waals surface area (Å²) in [6.07, 6.45) is -0.375. The molecule has 0 N–H and O–H groups in total. The lowest BCUT2D eigenvalue weighted by molar-refractivity contribution is -0.0361. The molecule has 4 rings (SSSR count). The molecule has 0 unspecified atom stereocenters. The zero-order valence-electron chi connectivity index (χ0n) is 17.0. The van der Waals surface area contributed by atoms with Crippen LogP contribution in [0.5, 0.6) is 0 Å². The van der Waals surface area contributed by atoms with Crippen molar-refractivity contribution in [3.8, 4) is 0 Å². The minimum atomic E-state index is -3.85. The fourth-order valence-electron chi connectivity index (χ4n) is 3.98. The van der Waals surface area contributed by atoms with Gasteiger partial charge in [-0.25, -0.2) is 8.42 Å². The van der Waals surface area contributed by atoms with E-state index in [1.165, 1.54) is 39.7 Å². The summed E-state index contributed by atoms with van der Waals surface area (Å²) in [5, 5.41) is 0. The molecule has 2 atom stereocenters. The maximum absolute atomic E-state index is 13.5. The smallest absolute Gasteiger partial charge is 0.316 e. The fraction of sp³-hybridized carbons (Fsp3) is 0.333. The zero-order valence-corrected chi connectivity index (χ0v) is 17.8. The summed E-state index contributed by atoms with van der Waals surface area (Å²) in [7, 11) is -0.887. The van der Waals surface area contributed by atoms with Crippen LogP contribution >= 0.6 is 0 Å². The molecular weight excluding hydrogens is 406 g/mol. The summed E-state index contributed by atoms with van der Waals surface area (Å²) < 4.78 is 36.7. The van der Waals surface area contributed by atoms with Gasteiger partial charge in [-0.15, -0.1) is 0 Å². The van der Waals surface area contributed by atoms with Crippen molar-refractivity contribution >= 4 is 21.1 Å². The maximum Gasteiger partial charge on any atom is 0.316 e. The van der Waals surface area contributed by atoms with Gasteiger partial charge in [0.1, 0.15) is 0 Å². The highest BCUT2D eigenvalue weighted by molar-refractivity contribution is 7.89. The van der Waals surface area contributed by atoms with Crippen molar-refractivity contribution in [2.24, 2.45) is 14.1 Å². The quantitative estimate of drug-likeness (QED) is 0.587. The topological polar surface area (TPSA) is 90.6 Å². The maximum atomic E-state index is 13.5. The number of aromatic nitrogens is 2. The zero-order chi connectivity index (χ0) is 21.6. The van der Waals surface area contributed by atoms with E-state index in [1.807, 2.05) is 37.3 Å². The van der Waals surface area contributed by atoms with Crippen LogP contribution in [0, 0.1) is 0 Å². The summed E-state index contributed by atoms with van der Waals surface area (Å²) in [5.74, 6) is 0. The molecule has 30 heavy (non-hydrogen) atoms. The van der Waals surface area contributed by atoms with Crippen molar-refractivity contribution in [3.05, 3.63) is 74.8 Å². The Kier molecular flexibility index (Phi) is 5.13. The second-order valence-electron chi connectivity index (χ2n) is 7.44. The molecule has 0 saturated carbocycles. The molecule has 158 valence electrons. The van der Waals surface area contributed by atoms with Crippen molar-refractivity contribution < 1.29 is 13.2 Å². The van der Waals surface area contributed by atoms with Gasteiger partial charge in [-0.3, -0.25) is 9.59 Å². The van der Waals surface area contributed by atoms with Crippen LogP contribution in [0.4, 0.5) is 0 Å². The molecule has 2 aromatic carbocycles. The van der Waals surface area contributed by atoms with Gasteiger partial charge in [0.2, 0.25) is 10.0 Å². The minimum absolute atomic E-state index is 0.0733. The molecule has 1 aliphatic rings. The number of rotatable bonds is 3. The van der Waals surface area contributed by atoms with Gasteiger partial charge in [-0.2, -0.15) is 4.31 Å². The van der Waals surface area contributed by atoms with Crippen molar-refractivity contribution in [2.45, 2.75) is 24.0 Å². The van der Waals surface area contributed by atoms with E-state index in [9.17, 15) is 18.0 Å². The predicted octanol–water partition coefficient (Wildman–Crippen LogP) is 1.39. The number of aryl methyl sites for hydroxylation is 2. The van der Waals surface area contributed by atoms with E-state index in [0.29, 0.717) is 11.0 Å². The molecule has 1 fully saturated rings. The predicted molar refractivity (Wildman–Crippen MR) is 113 cm³/mol. The first-order valence-electron chi connectivity index (χ1n) is 9.61. The Hall–Kier alpha value is -2.75. The van der Waals surface area contributed by atoms with Gasteiger partial charge >= 0.3 is 11.1 Å². The van der Waals surface area contributed by atoms with Crippen LogP contribution in [0.25, 0.3) is 11.0 Å². The number of ether oxygens (including phenoxy) is 1. The van der Waals surface area contributed by atoms with Crippen molar-refractivity contribution in [1.29, 1.82) is 0 Å². The molecule has 2 heterocycles. The Morgan fingerprint density at radius 2 is 1.57 bits per heavy atom. The summed E-state index contributed by atoms with van der Waals surface area (Å²) in [5.41, 5.74) is 0.416. The number of hydrogen-bond donors (Lipinski definition) is 0. The van der Waals surface area contributed by atoms with Gasteiger partial charge in [0.05, 0.1) is 34.7 Å². The van der Waals surface area contributed by atoms with Crippen LogP contribution < -0.4 is 11.1 Å². The SMILES string of the molecule is C[C@@H]1[C@H](c2ccccc2)OCCN1S(=O)(=O)c1ccc2c(c1)n(C)c(=O)c(=O)n2C. The molecule has 0 aliphatic carbocycles. The third kappa shape index (κ3) is 3.19. The Labute approximate surface area is 174 Å². The summed E-state index contributed by atoms with van der Waals surface area (Å²) in [6, 6.07) is 13.6. The van der Waals surface area contributed by atoms with Crippen LogP contribution in [0.15, 0.2) is 63.0 Å². The van der Waals surface area contributed by atoms with Crippen molar-refractivity contribution in [3.63, 3.8) is 0 Å². The molecule has 0 amide bonds. The Bertz CT molecular complexity index is 1330. The van der Waals surface area contributed by atoms with E-state index in [-0.39, 0.29) is 24.2 Å². The third-order valence-electron chi connectivity index (χ3n) is 5.70. The lowest BCUT2D eigenvalue weighted by atomic mass is 10.0. The number of sulfonamides is 1. The van der Waals surface area contributed by atoms with Gasteiger partial charge in [0.25, 0.3) is 0 Å². The summed E-state index contributed by atoms with van der Waals surface area (Å²) in [6.45, 7) is 2.34. The van der Waals surface area contributed by atoms with E-state index in [1.54, 1.807) is 6.07 Å². The average molecular weight is 429 g/mol. The molecule has 1 aliphatic heterocycles. The minimum Gasteiger partial charge on any atom is -0.370 e. The molecule has 9 heteroatoms. The van der Waals surface area contributed by atoms with Crippen molar-refractivity contribution in [1.82, 2.24) is 13.4 Å². The first kappa shape index (κ1) is 20.5. The monoisotopic (exact) mass is 429 g/mol.